The molecule has 0 saturated carbocycles. The average molecular weight is 184 g/mol. The molecule has 0 heterocycles. The van der Waals surface area contributed by atoms with Crippen molar-refractivity contribution in [3.05, 3.63) is 35.4 Å². The Morgan fingerprint density at radius 2 is 1.77 bits per heavy atom. The summed E-state index contributed by atoms with van der Waals surface area (Å²) in [5, 5.41) is 6.72. The van der Waals surface area contributed by atoms with Gasteiger partial charge in [0.2, 0.25) is 0 Å². The molecule has 4 heteroatoms. The van der Waals surface area contributed by atoms with Crippen LogP contribution in [-0.2, 0) is 5.92 Å². The first-order valence-corrected chi connectivity index (χ1v) is 3.74. The zero-order chi connectivity index (χ0) is 10.1. The molecule has 1 rings (SSSR count). The number of nitrogens with one attached hydrogen (secondary N) is 1. The van der Waals surface area contributed by atoms with Crippen molar-refractivity contribution >= 4 is 5.84 Å². The number of amidine groups is 1. The molecule has 0 unspecified atom stereocenters. The van der Waals surface area contributed by atoms with Gasteiger partial charge in [0.05, 0.1) is 0 Å². The number of benzene rings is 1. The van der Waals surface area contributed by atoms with Crippen LogP contribution >= 0.6 is 0 Å². The molecule has 0 fully saturated rings. The monoisotopic (exact) mass is 184 g/mol. The molecular weight excluding hydrogens is 174 g/mol. The van der Waals surface area contributed by atoms with Crippen molar-refractivity contribution < 1.29 is 8.78 Å². The third-order valence-corrected chi connectivity index (χ3v) is 1.75. The summed E-state index contributed by atoms with van der Waals surface area (Å²) in [6.45, 7) is 1.80. The fourth-order valence-electron chi connectivity index (χ4n) is 0.918. The molecule has 1 aromatic rings. The van der Waals surface area contributed by atoms with E-state index in [1.54, 1.807) is 19.1 Å². The molecule has 0 aliphatic heterocycles. The quantitative estimate of drug-likeness (QED) is 0.536. The van der Waals surface area contributed by atoms with Crippen molar-refractivity contribution in [1.82, 2.24) is 0 Å². The molecule has 1 aromatic carbocycles. The van der Waals surface area contributed by atoms with Crippen LogP contribution in [0, 0.1) is 12.3 Å². The van der Waals surface area contributed by atoms with Crippen LogP contribution in [0.25, 0.3) is 0 Å². The summed E-state index contributed by atoms with van der Waals surface area (Å²) < 4.78 is 26.1. The van der Waals surface area contributed by atoms with E-state index in [2.05, 4.69) is 0 Å². The molecule has 2 nitrogen and oxygen atoms in total. The molecule has 0 spiro atoms. The second kappa shape index (κ2) is 3.12. The Labute approximate surface area is 74.9 Å². The molecule has 0 aromatic heterocycles. The minimum atomic E-state index is -3.35. The molecule has 0 radical (unpaired) electrons. The van der Waals surface area contributed by atoms with Gasteiger partial charge in [0.25, 0.3) is 0 Å². The minimum absolute atomic E-state index is 0.245. The van der Waals surface area contributed by atoms with Gasteiger partial charge in [-0.15, -0.1) is 0 Å². The lowest BCUT2D eigenvalue weighted by atomic mass is 10.1. The predicted octanol–water partition coefficient (Wildman–Crippen LogP) is 2.02. The minimum Gasteiger partial charge on any atom is -0.382 e. The molecular formula is C9H10F2N2. The lowest BCUT2D eigenvalue weighted by Gasteiger charge is -2.14. The van der Waals surface area contributed by atoms with Crippen LogP contribution in [0.1, 0.15) is 11.1 Å². The molecule has 0 saturated heterocycles. The highest BCUT2D eigenvalue weighted by atomic mass is 19.3. The zero-order valence-corrected chi connectivity index (χ0v) is 7.14. The summed E-state index contributed by atoms with van der Waals surface area (Å²) in [6.07, 6.45) is 0. The topological polar surface area (TPSA) is 49.9 Å². The second-order valence-electron chi connectivity index (χ2n) is 2.85. The second-order valence-corrected chi connectivity index (χ2v) is 2.85. The van der Waals surface area contributed by atoms with Crippen molar-refractivity contribution in [3.8, 4) is 0 Å². The van der Waals surface area contributed by atoms with Gasteiger partial charge in [-0.25, -0.2) is 0 Å². The van der Waals surface area contributed by atoms with Crippen LogP contribution in [0.5, 0.6) is 0 Å². The number of nitrogens with two attached hydrogens (primary N) is 1. The van der Waals surface area contributed by atoms with Gasteiger partial charge in [-0.3, -0.25) is 5.41 Å². The van der Waals surface area contributed by atoms with Crippen molar-refractivity contribution in [2.24, 2.45) is 5.73 Å². The lowest BCUT2D eigenvalue weighted by molar-refractivity contribution is 0.0734. The van der Waals surface area contributed by atoms with Crippen LogP contribution in [0.15, 0.2) is 24.3 Å². The van der Waals surface area contributed by atoms with E-state index in [1.165, 1.54) is 12.1 Å². The number of alkyl halides is 2. The molecule has 0 aliphatic rings. The number of hydrogen-bond acceptors (Lipinski definition) is 1. The molecule has 70 valence electrons. The van der Waals surface area contributed by atoms with E-state index in [-0.39, 0.29) is 5.56 Å². The van der Waals surface area contributed by atoms with E-state index < -0.39 is 11.8 Å². The molecule has 0 atom stereocenters. The van der Waals surface area contributed by atoms with E-state index in [1.807, 2.05) is 0 Å². The highest BCUT2D eigenvalue weighted by Gasteiger charge is 2.35. The van der Waals surface area contributed by atoms with E-state index >= 15 is 0 Å². The first kappa shape index (κ1) is 9.64. The fraction of sp³-hybridized carbons (Fsp3) is 0.222. The third-order valence-electron chi connectivity index (χ3n) is 1.75. The Morgan fingerprint density at radius 1 is 1.31 bits per heavy atom. The van der Waals surface area contributed by atoms with Gasteiger partial charge in [0.1, 0.15) is 0 Å². The van der Waals surface area contributed by atoms with Gasteiger partial charge in [-0.05, 0) is 6.92 Å². The lowest BCUT2D eigenvalue weighted by Crippen LogP contribution is -2.32. The van der Waals surface area contributed by atoms with Gasteiger partial charge in [0, 0.05) is 5.56 Å². The van der Waals surface area contributed by atoms with Crippen molar-refractivity contribution in [2.75, 3.05) is 0 Å². The van der Waals surface area contributed by atoms with Crippen molar-refractivity contribution in [2.45, 2.75) is 12.8 Å². The summed E-state index contributed by atoms with van der Waals surface area (Å²) in [7, 11) is 0. The van der Waals surface area contributed by atoms with Crippen LogP contribution < -0.4 is 5.73 Å². The Hall–Kier alpha value is -1.45. The third kappa shape index (κ3) is 1.83. The van der Waals surface area contributed by atoms with Gasteiger partial charge in [-0.1, -0.05) is 29.8 Å². The summed E-state index contributed by atoms with van der Waals surface area (Å²) in [4.78, 5) is 0. The normalized spacial score (nSPS) is 11.3. The number of rotatable bonds is 2. The first-order chi connectivity index (χ1) is 5.94. The Kier molecular flexibility index (Phi) is 2.32. The van der Waals surface area contributed by atoms with Crippen LogP contribution in [0.3, 0.4) is 0 Å². The summed E-state index contributed by atoms with van der Waals surface area (Å²) in [5.74, 6) is -4.48. The summed E-state index contributed by atoms with van der Waals surface area (Å²) in [6, 6.07) is 5.67. The van der Waals surface area contributed by atoms with E-state index in [4.69, 9.17) is 11.1 Å². The first-order valence-electron chi connectivity index (χ1n) is 3.74. The molecule has 3 N–H and O–H groups in total. The van der Waals surface area contributed by atoms with Gasteiger partial charge < -0.3 is 5.73 Å². The predicted molar refractivity (Wildman–Crippen MR) is 47.0 cm³/mol. The average Bonchev–Trinajstić information content (AvgIpc) is 2.04. The smallest absolute Gasteiger partial charge is 0.328 e. The van der Waals surface area contributed by atoms with E-state index in [0.717, 1.165) is 5.56 Å². The fourth-order valence-corrected chi connectivity index (χ4v) is 0.918. The van der Waals surface area contributed by atoms with Crippen molar-refractivity contribution in [1.29, 1.82) is 5.41 Å². The van der Waals surface area contributed by atoms with Crippen molar-refractivity contribution in [3.63, 3.8) is 0 Å². The SMILES string of the molecule is Cc1ccc(C(F)(F)C(=N)N)cc1. The highest BCUT2D eigenvalue weighted by molar-refractivity contribution is 5.85. The number of aryl methyl sites for hydroxylation is 1. The van der Waals surface area contributed by atoms with Crippen LogP contribution in [0.2, 0.25) is 0 Å². The summed E-state index contributed by atoms with van der Waals surface area (Å²) in [5.41, 5.74) is 5.42. The Morgan fingerprint density at radius 3 is 2.15 bits per heavy atom. The molecule has 13 heavy (non-hydrogen) atoms. The largest absolute Gasteiger partial charge is 0.382 e. The maximum absolute atomic E-state index is 13.1. The Bertz CT molecular complexity index is 317. The molecule has 0 aliphatic carbocycles. The Balaban J connectivity index is 3.08. The zero-order valence-electron chi connectivity index (χ0n) is 7.14. The molecule has 0 amide bonds. The summed E-state index contributed by atoms with van der Waals surface area (Å²) >= 11 is 0. The number of halogens is 2. The molecule has 0 bridgehead atoms. The van der Waals surface area contributed by atoms with Crippen LogP contribution in [-0.4, -0.2) is 5.84 Å². The van der Waals surface area contributed by atoms with E-state index in [9.17, 15) is 8.78 Å². The maximum atomic E-state index is 13.1. The standard InChI is InChI=1S/C9H10F2N2/c1-6-2-4-7(5-3-6)9(10,11)8(12)13/h2-5H,1H3,(H3,12,13). The van der Waals surface area contributed by atoms with Crippen LogP contribution in [0.4, 0.5) is 8.78 Å². The highest BCUT2D eigenvalue weighted by Crippen LogP contribution is 2.27. The maximum Gasteiger partial charge on any atom is 0.328 e. The van der Waals surface area contributed by atoms with E-state index in [0.29, 0.717) is 0 Å². The number of hydrogen-bond donors (Lipinski definition) is 2. The van der Waals surface area contributed by atoms with Gasteiger partial charge in [0.15, 0.2) is 5.84 Å². The van der Waals surface area contributed by atoms with Gasteiger partial charge in [-0.2, -0.15) is 8.78 Å². The van der Waals surface area contributed by atoms with Gasteiger partial charge >= 0.3 is 5.92 Å².